The Morgan fingerprint density at radius 2 is 0.695 bits per heavy atom. The average molecular weight is 1760 g/mol. The molecule has 2 aliphatic carbocycles. The third-order valence-corrected chi connectivity index (χ3v) is 24.2. The Hall–Kier alpha value is -15.6. The first-order valence-corrected chi connectivity index (χ1v) is 42.4. The highest BCUT2D eigenvalue weighted by Gasteiger charge is 2.40. The maximum atomic E-state index is 14.1. The second-order valence-corrected chi connectivity index (χ2v) is 32.6. The summed E-state index contributed by atoms with van der Waals surface area (Å²) in [7, 11) is 7.24. The zero-order valence-corrected chi connectivity index (χ0v) is 72.6. The summed E-state index contributed by atoms with van der Waals surface area (Å²) in [5, 5.41) is 21.7. The lowest BCUT2D eigenvalue weighted by Crippen LogP contribution is -2.28. The minimum Gasteiger partial charge on any atom is -0.501 e. The number of carbonyl (C=O) groups excluding carboxylic acids is 4. The standard InChI is InChI=1S/C26H18F3N5O.C26H21N5O.C25H23N5O2.C24H20ClN5O2/c1-31-24-16-6-4-3-5-14(16)7-8-17(24)25-19(12-33-34(25)2)15-9-18-21(11-30)32-13-22(35)23(18)20(10-15)26(27,28)29;1-15-10-17(11-20-22(12-27)29-14-23(32)24(15)20)21-13-30-31(3)26(21)19-9-8-16-6-4-5-7-18(16)25(19)28-2;1-14-9-15(10-18-20(11-26)28-13-21(31)23(14)18)19-12-29-30(3)25(19)17-5-4-6-22(24(17)27-2)32-16-7-8-16;1-27-23-15(4-3-5-21(23)32-14-6-7-14)24-17(11-29-30(24)2)13-8-16-19(10-26)28-12-20(31)22(16)18(25)9-13/h3-10,12H,11,13,30H2,2H3;4-11,13H,12,14,27H2,1,3H3;4-6,9-10,12,16H,7-8,11,13,26H2,1,3H3;3-5,8-9,11,14H,6-7,10,12,26H2,2H3. The molecule has 2 fully saturated rings. The predicted octanol–water partition coefficient (Wildman–Crippen LogP) is 18.7. The van der Waals surface area contributed by atoms with E-state index in [0.29, 0.717) is 84.1 Å². The molecular formula is C101H82ClF3N20O6. The van der Waals surface area contributed by atoms with Crippen LogP contribution in [0.4, 0.5) is 35.9 Å². The van der Waals surface area contributed by atoms with E-state index in [1.165, 1.54) is 16.9 Å². The Morgan fingerprint density at radius 3 is 1.04 bits per heavy atom. The summed E-state index contributed by atoms with van der Waals surface area (Å²) in [4.78, 5) is 82.3. The third kappa shape index (κ3) is 16.5. The Balaban J connectivity index is 0.000000122. The number of nitrogens with zero attached hydrogens (tertiary/aromatic N) is 16. The molecule has 2 saturated carbocycles. The van der Waals surface area contributed by atoms with Gasteiger partial charge in [-0.15, -0.1) is 0 Å². The van der Waals surface area contributed by atoms with Crippen molar-refractivity contribution in [3.63, 3.8) is 0 Å². The molecule has 0 atom stereocenters. The molecule has 6 aliphatic rings. The van der Waals surface area contributed by atoms with Crippen molar-refractivity contribution in [3.8, 4) is 101 Å². The van der Waals surface area contributed by atoms with Gasteiger partial charge in [0.05, 0.1) is 119 Å². The molecule has 0 amide bonds. The number of nitrogens with two attached hydrogens (primary N) is 4. The minimum absolute atomic E-state index is 0.00729. The number of ether oxygens (including phenoxy) is 2. The Morgan fingerprint density at radius 1 is 0.382 bits per heavy atom. The Labute approximate surface area is 755 Å². The van der Waals surface area contributed by atoms with Crippen LogP contribution < -0.4 is 32.4 Å². The van der Waals surface area contributed by atoms with Gasteiger partial charge in [0.15, 0.2) is 23.1 Å². The highest BCUT2D eigenvalue weighted by molar-refractivity contribution is 6.36. The summed E-state index contributed by atoms with van der Waals surface area (Å²) in [5.41, 5.74) is 43.8. The number of benzene rings is 10. The van der Waals surface area contributed by atoms with Gasteiger partial charge in [-0.3, -0.25) is 57.9 Å². The second kappa shape index (κ2) is 35.9. The SMILES string of the molecule is [C-]#[N+]c1c(-c2c(-c3cc(C)c4c(c3)C(CN)=NCC4=O)cnn2C)ccc2ccccc12.[C-]#[N+]c1c(-c2c(-c3cc4c(c(C(F)(F)F)c3)C(=O)CN=C4CN)cnn2C)ccc2ccccc12.[C-]#[N+]c1c(OC2CC2)cccc1-c1c(-c2cc(C)c3c(c2)C(CN)=NCC3=O)cnn1C.[C-]#[N+]c1c(OC2CC2)cccc1-c1c(-c2cc(Cl)c3c(c2)C(CN)=NCC3=O)cnn1C. The van der Waals surface area contributed by atoms with Crippen LogP contribution in [0.2, 0.25) is 5.02 Å². The van der Waals surface area contributed by atoms with E-state index in [4.69, 9.17) is 70.3 Å². The summed E-state index contributed by atoms with van der Waals surface area (Å²) >= 11 is 6.56. The molecule has 4 aliphatic heterocycles. The number of hydrogen-bond donors (Lipinski definition) is 4. The highest BCUT2D eigenvalue weighted by Crippen LogP contribution is 2.50. The fraction of sp³-hybridized carbons (Fsp3) is 0.208. The van der Waals surface area contributed by atoms with Gasteiger partial charge in [-0.2, -0.15) is 33.6 Å². The van der Waals surface area contributed by atoms with Crippen LogP contribution in [0.5, 0.6) is 11.5 Å². The number of aryl methyl sites for hydroxylation is 6. The van der Waals surface area contributed by atoms with Gasteiger partial charge in [0.25, 0.3) is 0 Å². The van der Waals surface area contributed by atoms with Crippen molar-refractivity contribution < 1.29 is 41.8 Å². The van der Waals surface area contributed by atoms with E-state index in [1.807, 2.05) is 175 Å². The molecule has 0 bridgehead atoms. The zero-order chi connectivity index (χ0) is 92.1. The molecule has 0 saturated heterocycles. The summed E-state index contributed by atoms with van der Waals surface area (Å²) in [5.74, 6) is 0.383. The molecule has 650 valence electrons. The molecule has 8 heterocycles. The van der Waals surface area contributed by atoms with Crippen LogP contribution >= 0.6 is 11.6 Å². The number of aromatic nitrogens is 8. The molecule has 30 heteroatoms. The number of hydrogen-bond acceptors (Lipinski definition) is 18. The smallest absolute Gasteiger partial charge is 0.417 e. The lowest BCUT2D eigenvalue weighted by molar-refractivity contribution is -0.137. The van der Waals surface area contributed by atoms with Gasteiger partial charge in [-0.25, -0.2) is 19.4 Å². The van der Waals surface area contributed by atoms with E-state index in [2.05, 4.69) is 59.7 Å². The van der Waals surface area contributed by atoms with Gasteiger partial charge < -0.3 is 32.4 Å². The van der Waals surface area contributed by atoms with Gasteiger partial charge in [0, 0.05) is 143 Å². The van der Waals surface area contributed by atoms with Crippen LogP contribution in [0.1, 0.15) is 106 Å². The van der Waals surface area contributed by atoms with Crippen molar-refractivity contribution in [2.24, 2.45) is 71.1 Å². The molecule has 0 spiro atoms. The number of fused-ring (bicyclic) bond motifs is 6. The third-order valence-electron chi connectivity index (χ3n) is 23.9. The molecule has 8 N–H and O–H groups in total. The zero-order valence-electron chi connectivity index (χ0n) is 71.9. The van der Waals surface area contributed by atoms with Gasteiger partial charge in [-0.05, 0) is 143 Å². The van der Waals surface area contributed by atoms with E-state index in [1.54, 1.807) is 45.6 Å². The molecule has 4 aromatic heterocycles. The molecule has 26 nitrogen and oxygen atoms in total. The average Bonchev–Trinajstić information content (AvgIpc) is 1.73. The second-order valence-electron chi connectivity index (χ2n) is 32.2. The van der Waals surface area contributed by atoms with Crippen molar-refractivity contribution in [2.75, 3.05) is 52.4 Å². The van der Waals surface area contributed by atoms with Crippen molar-refractivity contribution in [2.45, 2.75) is 57.9 Å². The number of carbonyl (C=O) groups is 4. The lowest BCUT2D eigenvalue weighted by atomic mass is 9.87. The fourth-order valence-corrected chi connectivity index (χ4v) is 17.8. The normalized spacial score (nSPS) is 14.2. The largest absolute Gasteiger partial charge is 0.501 e. The number of rotatable bonds is 16. The van der Waals surface area contributed by atoms with Gasteiger partial charge in [0.2, 0.25) is 22.7 Å². The van der Waals surface area contributed by atoms with Crippen LogP contribution in [0, 0.1) is 40.1 Å². The molecule has 14 aromatic rings. The Bertz CT molecular complexity index is 7290. The Kier molecular flexibility index (Phi) is 24.0. The summed E-state index contributed by atoms with van der Waals surface area (Å²) in [6.45, 7) is 35.8. The van der Waals surface area contributed by atoms with E-state index in [0.717, 1.165) is 154 Å². The minimum atomic E-state index is -4.76. The van der Waals surface area contributed by atoms with E-state index >= 15 is 0 Å². The van der Waals surface area contributed by atoms with Crippen molar-refractivity contribution in [1.82, 2.24) is 39.1 Å². The molecule has 0 radical (unpaired) electrons. The number of para-hydroxylation sites is 2. The molecule has 20 rings (SSSR count). The molecular weight excluding hydrogens is 1680 g/mol. The van der Waals surface area contributed by atoms with Crippen molar-refractivity contribution in [1.29, 1.82) is 0 Å². The number of halogens is 4. The topological polar surface area (TPSA) is 329 Å². The fourth-order valence-electron chi connectivity index (χ4n) is 17.5. The quantitative estimate of drug-likeness (QED) is 0.0654. The van der Waals surface area contributed by atoms with Crippen LogP contribution in [-0.4, -0.2) is 150 Å². The molecule has 10 aromatic carbocycles. The summed E-state index contributed by atoms with van der Waals surface area (Å²) < 4.78 is 61.1. The van der Waals surface area contributed by atoms with Gasteiger partial charge in [0.1, 0.15) is 37.7 Å². The first-order valence-electron chi connectivity index (χ1n) is 42.0. The van der Waals surface area contributed by atoms with E-state index < -0.39 is 23.1 Å². The van der Waals surface area contributed by atoms with Crippen LogP contribution in [0.3, 0.4) is 0 Å². The highest BCUT2D eigenvalue weighted by atomic mass is 35.5. The summed E-state index contributed by atoms with van der Waals surface area (Å²) in [6, 6.07) is 48.3. The lowest BCUT2D eigenvalue weighted by Gasteiger charge is -2.22. The molecule has 0 unspecified atom stereocenters. The van der Waals surface area contributed by atoms with E-state index in [-0.39, 0.29) is 98.8 Å². The van der Waals surface area contributed by atoms with Gasteiger partial charge >= 0.3 is 6.18 Å². The number of alkyl halides is 3. The number of aliphatic imine (C=N–C) groups is 4. The first kappa shape index (κ1) is 87.5. The van der Waals surface area contributed by atoms with Crippen LogP contribution in [-0.2, 0) is 34.4 Å². The monoisotopic (exact) mass is 1760 g/mol. The summed E-state index contributed by atoms with van der Waals surface area (Å²) in [6.07, 6.45) is 6.49. The van der Waals surface area contributed by atoms with Crippen LogP contribution in [0.25, 0.3) is 130 Å². The van der Waals surface area contributed by atoms with Crippen molar-refractivity contribution in [3.05, 3.63) is 294 Å². The first-order chi connectivity index (χ1) is 63.3. The number of ketones is 4. The van der Waals surface area contributed by atoms with E-state index in [9.17, 15) is 32.3 Å². The van der Waals surface area contributed by atoms with Gasteiger partial charge in [-0.1, -0.05) is 121 Å². The van der Waals surface area contributed by atoms with Crippen molar-refractivity contribution >= 4 is 102 Å². The molecule has 131 heavy (non-hydrogen) atoms. The maximum absolute atomic E-state index is 14.1. The van der Waals surface area contributed by atoms with Crippen LogP contribution in [0.15, 0.2) is 202 Å². The number of Topliss-reactive ketones (excluding diaryl/α,β-unsaturated/α-hetero) is 4. The predicted molar refractivity (Wildman–Crippen MR) is 502 cm³/mol. The maximum Gasteiger partial charge on any atom is 0.417 e.